The smallest absolute Gasteiger partial charge is 0.266 e. The Kier molecular flexibility index (Phi) is 4.35. The largest absolute Gasteiger partial charge is 0.285 e. The molecule has 5 heteroatoms. The molecule has 0 aliphatic heterocycles. The van der Waals surface area contributed by atoms with Crippen molar-refractivity contribution < 1.29 is 0 Å². The fourth-order valence-corrected chi connectivity index (χ4v) is 2.99. The molecule has 0 N–H and O–H groups in total. The van der Waals surface area contributed by atoms with Crippen molar-refractivity contribution in [1.82, 2.24) is 9.78 Å². The van der Waals surface area contributed by atoms with Crippen LogP contribution in [0.15, 0.2) is 16.2 Å². The zero-order chi connectivity index (χ0) is 14.7. The van der Waals surface area contributed by atoms with Gasteiger partial charge in [0.05, 0.1) is 12.2 Å². The molecule has 0 aromatic carbocycles. The third-order valence-electron chi connectivity index (χ3n) is 3.26. The molecule has 0 unspecified atom stereocenters. The van der Waals surface area contributed by atoms with Crippen molar-refractivity contribution in [1.29, 1.82) is 5.26 Å². The van der Waals surface area contributed by atoms with Crippen LogP contribution in [0.2, 0.25) is 0 Å². The summed E-state index contributed by atoms with van der Waals surface area (Å²) in [5, 5.41) is 15.7. The topological polar surface area (TPSA) is 58.7 Å². The van der Waals surface area contributed by atoms with Crippen molar-refractivity contribution in [2.45, 2.75) is 40.2 Å². The summed E-state index contributed by atoms with van der Waals surface area (Å²) < 4.78 is 1.41. The van der Waals surface area contributed by atoms with Crippen LogP contribution in [0.5, 0.6) is 0 Å². The molecule has 2 aromatic rings. The highest BCUT2D eigenvalue weighted by molar-refractivity contribution is 7.10. The third-order valence-corrected chi connectivity index (χ3v) is 4.17. The molecule has 20 heavy (non-hydrogen) atoms. The minimum absolute atomic E-state index is 0.242. The Morgan fingerprint density at radius 3 is 2.65 bits per heavy atom. The number of aryl methyl sites for hydroxylation is 2. The van der Waals surface area contributed by atoms with Gasteiger partial charge in [-0.05, 0) is 42.3 Å². The van der Waals surface area contributed by atoms with Crippen molar-refractivity contribution in [2.75, 3.05) is 0 Å². The van der Waals surface area contributed by atoms with Gasteiger partial charge in [0, 0.05) is 4.88 Å². The maximum absolute atomic E-state index is 12.3. The second kappa shape index (κ2) is 6.02. The van der Waals surface area contributed by atoms with E-state index in [-0.39, 0.29) is 11.1 Å². The maximum Gasteiger partial charge on any atom is 0.285 e. The lowest BCUT2D eigenvalue weighted by Gasteiger charge is -2.11. The molecule has 0 aliphatic carbocycles. The Morgan fingerprint density at radius 1 is 1.40 bits per heavy atom. The van der Waals surface area contributed by atoms with Gasteiger partial charge in [0.2, 0.25) is 0 Å². The first kappa shape index (κ1) is 14.5. The van der Waals surface area contributed by atoms with Gasteiger partial charge in [-0.1, -0.05) is 13.8 Å². The van der Waals surface area contributed by atoms with E-state index in [1.54, 1.807) is 11.3 Å². The highest BCUT2D eigenvalue weighted by Crippen LogP contribution is 2.15. The van der Waals surface area contributed by atoms with E-state index in [2.05, 4.69) is 11.2 Å². The minimum atomic E-state index is -0.287. The number of aromatic nitrogens is 2. The first-order valence-corrected chi connectivity index (χ1v) is 7.55. The van der Waals surface area contributed by atoms with Crippen LogP contribution < -0.4 is 5.56 Å². The summed E-state index contributed by atoms with van der Waals surface area (Å²) in [7, 11) is 0. The lowest BCUT2D eigenvalue weighted by molar-refractivity contribution is 0.613. The molecule has 0 saturated heterocycles. The van der Waals surface area contributed by atoms with Gasteiger partial charge in [0.1, 0.15) is 11.6 Å². The van der Waals surface area contributed by atoms with E-state index in [1.165, 1.54) is 9.56 Å². The number of hydrogen-bond donors (Lipinski definition) is 0. The lowest BCUT2D eigenvalue weighted by Crippen LogP contribution is -2.29. The fourth-order valence-electron chi connectivity index (χ4n) is 2.29. The third kappa shape index (κ3) is 2.66. The maximum atomic E-state index is 12.3. The van der Waals surface area contributed by atoms with Gasteiger partial charge < -0.3 is 0 Å². The van der Waals surface area contributed by atoms with E-state index in [0.29, 0.717) is 13.0 Å². The summed E-state index contributed by atoms with van der Waals surface area (Å²) in [5.41, 5.74) is 2.64. The van der Waals surface area contributed by atoms with Crippen molar-refractivity contribution in [2.24, 2.45) is 0 Å². The van der Waals surface area contributed by atoms with Gasteiger partial charge in [0.15, 0.2) is 0 Å². The zero-order valence-corrected chi connectivity index (χ0v) is 12.8. The molecule has 0 saturated carbocycles. The molecule has 104 valence electrons. The van der Waals surface area contributed by atoms with Gasteiger partial charge in [-0.15, -0.1) is 11.3 Å². The van der Waals surface area contributed by atoms with E-state index >= 15 is 0 Å². The van der Waals surface area contributed by atoms with Crippen LogP contribution >= 0.6 is 11.3 Å². The fraction of sp³-hybridized carbons (Fsp3) is 0.400. The SMILES string of the molecule is CCc1nn(Cc2csc(C)c2)c(=O)c(C#N)c1CC. The molecule has 0 radical (unpaired) electrons. The number of nitriles is 1. The second-order valence-electron chi connectivity index (χ2n) is 4.65. The van der Waals surface area contributed by atoms with Crippen LogP contribution in [-0.4, -0.2) is 9.78 Å². The molecule has 2 rings (SSSR count). The molecule has 0 aliphatic rings. The van der Waals surface area contributed by atoms with E-state index < -0.39 is 0 Å². The molecule has 0 fully saturated rings. The van der Waals surface area contributed by atoms with E-state index in [1.807, 2.05) is 32.2 Å². The molecule has 0 atom stereocenters. The molecule has 0 spiro atoms. The highest BCUT2D eigenvalue weighted by atomic mass is 32.1. The molecular formula is C15H17N3OS. The van der Waals surface area contributed by atoms with Crippen molar-refractivity contribution >= 4 is 11.3 Å². The standard InChI is InChI=1S/C15H17N3OS/c1-4-12-13(7-16)15(19)18(17-14(12)5-2)8-11-6-10(3)20-9-11/h6,9H,4-5,8H2,1-3H3. The van der Waals surface area contributed by atoms with Crippen molar-refractivity contribution in [3.63, 3.8) is 0 Å². The van der Waals surface area contributed by atoms with Crippen LogP contribution in [0.1, 0.15) is 41.1 Å². The van der Waals surface area contributed by atoms with Crippen LogP contribution in [0.4, 0.5) is 0 Å². The van der Waals surface area contributed by atoms with E-state index in [0.717, 1.165) is 23.2 Å². The normalized spacial score (nSPS) is 10.5. The Bertz CT molecular complexity index is 722. The average molecular weight is 287 g/mol. The summed E-state index contributed by atoms with van der Waals surface area (Å²) in [6, 6.07) is 4.10. The van der Waals surface area contributed by atoms with E-state index in [4.69, 9.17) is 0 Å². The molecule has 2 aromatic heterocycles. The van der Waals surface area contributed by atoms with Gasteiger partial charge >= 0.3 is 0 Å². The van der Waals surface area contributed by atoms with Gasteiger partial charge in [-0.3, -0.25) is 4.79 Å². The Hall–Kier alpha value is -1.93. The summed E-state index contributed by atoms with van der Waals surface area (Å²) >= 11 is 1.65. The molecule has 0 amide bonds. The molecular weight excluding hydrogens is 270 g/mol. The Morgan fingerprint density at radius 2 is 2.15 bits per heavy atom. The molecule has 4 nitrogen and oxygen atoms in total. The first-order chi connectivity index (χ1) is 9.60. The van der Waals surface area contributed by atoms with Crippen LogP contribution in [0, 0.1) is 18.3 Å². The number of nitrogens with zero attached hydrogens (tertiary/aromatic N) is 3. The van der Waals surface area contributed by atoms with Crippen LogP contribution in [0.3, 0.4) is 0 Å². The predicted octanol–water partition coefficient (Wildman–Crippen LogP) is 2.66. The highest BCUT2D eigenvalue weighted by Gasteiger charge is 2.15. The van der Waals surface area contributed by atoms with E-state index in [9.17, 15) is 10.1 Å². The van der Waals surface area contributed by atoms with Crippen molar-refractivity contribution in [3.8, 4) is 6.07 Å². The minimum Gasteiger partial charge on any atom is -0.266 e. The number of rotatable bonds is 4. The van der Waals surface area contributed by atoms with Gasteiger partial charge in [-0.2, -0.15) is 10.4 Å². The van der Waals surface area contributed by atoms with Crippen LogP contribution in [0.25, 0.3) is 0 Å². The Balaban J connectivity index is 2.54. The summed E-state index contributed by atoms with van der Waals surface area (Å²) in [6.07, 6.45) is 1.38. The second-order valence-corrected chi connectivity index (χ2v) is 5.76. The first-order valence-electron chi connectivity index (χ1n) is 6.67. The quantitative estimate of drug-likeness (QED) is 0.868. The average Bonchev–Trinajstić information content (AvgIpc) is 2.85. The zero-order valence-electron chi connectivity index (χ0n) is 11.9. The van der Waals surface area contributed by atoms with Crippen LogP contribution in [-0.2, 0) is 19.4 Å². The van der Waals surface area contributed by atoms with Gasteiger partial charge in [-0.25, -0.2) is 4.68 Å². The van der Waals surface area contributed by atoms with Crippen molar-refractivity contribution in [3.05, 3.63) is 49.1 Å². The number of hydrogen-bond acceptors (Lipinski definition) is 4. The molecule has 2 heterocycles. The Labute approximate surface area is 122 Å². The monoisotopic (exact) mass is 287 g/mol. The lowest BCUT2D eigenvalue weighted by atomic mass is 10.0. The summed E-state index contributed by atoms with van der Waals surface area (Å²) in [5.74, 6) is 0. The summed E-state index contributed by atoms with van der Waals surface area (Å²) in [4.78, 5) is 13.5. The van der Waals surface area contributed by atoms with Gasteiger partial charge in [0.25, 0.3) is 5.56 Å². The summed E-state index contributed by atoms with van der Waals surface area (Å²) in [6.45, 7) is 6.40. The molecule has 0 bridgehead atoms. The predicted molar refractivity (Wildman–Crippen MR) is 80.1 cm³/mol. The number of thiophene rings is 1.